The normalized spacial score (nSPS) is 17.9. The van der Waals surface area contributed by atoms with Gasteiger partial charge in [-0.2, -0.15) is 13.2 Å². The first-order valence-corrected chi connectivity index (χ1v) is 7.25. The van der Waals surface area contributed by atoms with Crippen LogP contribution in [0.3, 0.4) is 0 Å². The van der Waals surface area contributed by atoms with Gasteiger partial charge in [0.2, 0.25) is 0 Å². The molecule has 1 aliphatic rings. The molecule has 1 heterocycles. The van der Waals surface area contributed by atoms with Crippen LogP contribution in [0, 0.1) is 5.82 Å². The molecule has 0 bridgehead atoms. The van der Waals surface area contributed by atoms with Gasteiger partial charge in [0.1, 0.15) is 5.82 Å². The maximum Gasteiger partial charge on any atom is 0.419 e. The molecule has 1 N–H and O–H groups in total. The van der Waals surface area contributed by atoms with E-state index < -0.39 is 17.6 Å². The van der Waals surface area contributed by atoms with Crippen LogP contribution in [0.1, 0.15) is 36.9 Å². The summed E-state index contributed by atoms with van der Waals surface area (Å²) in [5.41, 5.74) is -1.05. The highest BCUT2D eigenvalue weighted by Gasteiger charge is 2.39. The van der Waals surface area contributed by atoms with Crippen molar-refractivity contribution in [2.45, 2.75) is 32.0 Å². The first-order chi connectivity index (χ1) is 9.95. The van der Waals surface area contributed by atoms with Gasteiger partial charge >= 0.3 is 6.18 Å². The van der Waals surface area contributed by atoms with Crippen molar-refractivity contribution >= 4 is 12.4 Å². The van der Waals surface area contributed by atoms with Crippen LogP contribution in [0.4, 0.5) is 17.6 Å². The monoisotopic (exact) mass is 340 g/mol. The number of halogens is 5. The van der Waals surface area contributed by atoms with E-state index in [0.717, 1.165) is 25.6 Å². The van der Waals surface area contributed by atoms with Crippen LogP contribution >= 0.6 is 12.4 Å². The minimum absolute atomic E-state index is 0. The van der Waals surface area contributed by atoms with Crippen molar-refractivity contribution in [3.05, 3.63) is 35.1 Å². The zero-order chi connectivity index (χ0) is 15.5. The van der Waals surface area contributed by atoms with Crippen molar-refractivity contribution in [2.75, 3.05) is 26.2 Å². The van der Waals surface area contributed by atoms with E-state index in [1.165, 1.54) is 12.1 Å². The highest BCUT2D eigenvalue weighted by atomic mass is 35.5. The summed E-state index contributed by atoms with van der Waals surface area (Å²) in [7, 11) is 0. The smallest absolute Gasteiger partial charge is 0.314 e. The number of nitrogens with zero attached hydrogens (tertiary/aromatic N) is 1. The van der Waals surface area contributed by atoms with Crippen molar-refractivity contribution in [2.24, 2.45) is 0 Å². The van der Waals surface area contributed by atoms with Gasteiger partial charge in [-0.05, 0) is 18.1 Å². The zero-order valence-corrected chi connectivity index (χ0v) is 13.2. The average molecular weight is 341 g/mol. The second-order valence-corrected chi connectivity index (χ2v) is 5.29. The molecular weight excluding hydrogens is 320 g/mol. The first-order valence-electron chi connectivity index (χ1n) is 7.25. The lowest BCUT2D eigenvalue weighted by atomic mass is 9.94. The Morgan fingerprint density at radius 2 is 1.86 bits per heavy atom. The molecule has 0 radical (unpaired) electrons. The lowest BCUT2D eigenvalue weighted by Gasteiger charge is -2.36. The quantitative estimate of drug-likeness (QED) is 0.833. The third-order valence-electron chi connectivity index (χ3n) is 3.84. The third kappa shape index (κ3) is 4.33. The van der Waals surface area contributed by atoms with Crippen LogP contribution in [0.5, 0.6) is 0 Å². The van der Waals surface area contributed by atoms with Crippen LogP contribution < -0.4 is 5.32 Å². The second-order valence-electron chi connectivity index (χ2n) is 5.29. The van der Waals surface area contributed by atoms with E-state index in [-0.39, 0.29) is 24.0 Å². The molecule has 1 atom stereocenters. The molecular formula is C15H21ClF4N2. The predicted octanol–water partition coefficient (Wildman–Crippen LogP) is 4.01. The van der Waals surface area contributed by atoms with Crippen LogP contribution in [-0.4, -0.2) is 31.1 Å². The molecule has 1 aliphatic heterocycles. The minimum atomic E-state index is -4.67. The highest BCUT2D eigenvalue weighted by Crippen LogP contribution is 2.39. The van der Waals surface area contributed by atoms with Gasteiger partial charge in [0.25, 0.3) is 0 Å². The van der Waals surface area contributed by atoms with Crippen molar-refractivity contribution in [3.63, 3.8) is 0 Å². The van der Waals surface area contributed by atoms with E-state index >= 15 is 0 Å². The molecule has 1 saturated heterocycles. The largest absolute Gasteiger partial charge is 0.419 e. The molecule has 0 aromatic heterocycles. The van der Waals surface area contributed by atoms with E-state index in [4.69, 9.17) is 0 Å². The van der Waals surface area contributed by atoms with Crippen LogP contribution in [-0.2, 0) is 6.18 Å². The van der Waals surface area contributed by atoms with Crippen LogP contribution in [0.2, 0.25) is 0 Å². The van der Waals surface area contributed by atoms with Gasteiger partial charge in [0, 0.05) is 32.2 Å². The SMILES string of the molecule is CCC[C@H](c1cccc(F)c1C(F)(F)F)N1CCNCC1.Cl. The first kappa shape index (κ1) is 19.2. The molecule has 0 spiro atoms. The van der Waals surface area contributed by atoms with Crippen molar-refractivity contribution < 1.29 is 17.6 Å². The Hall–Kier alpha value is -0.850. The molecule has 1 aromatic carbocycles. The summed E-state index contributed by atoms with van der Waals surface area (Å²) in [6.07, 6.45) is -3.32. The number of hydrogen-bond donors (Lipinski definition) is 1. The Bertz CT molecular complexity index is 473. The van der Waals surface area contributed by atoms with E-state index in [1.807, 2.05) is 11.8 Å². The number of alkyl halides is 3. The Morgan fingerprint density at radius 3 is 2.41 bits per heavy atom. The maximum absolute atomic E-state index is 13.8. The number of rotatable bonds is 4. The summed E-state index contributed by atoms with van der Waals surface area (Å²) in [4.78, 5) is 2.02. The molecule has 126 valence electrons. The lowest BCUT2D eigenvalue weighted by molar-refractivity contribution is -0.141. The van der Waals surface area contributed by atoms with Gasteiger partial charge in [0.05, 0.1) is 5.56 Å². The summed E-state index contributed by atoms with van der Waals surface area (Å²) in [5, 5.41) is 3.18. The van der Waals surface area contributed by atoms with Gasteiger partial charge in [-0.1, -0.05) is 25.5 Å². The number of nitrogens with one attached hydrogen (secondary N) is 1. The summed E-state index contributed by atoms with van der Waals surface area (Å²) >= 11 is 0. The Balaban J connectivity index is 0.00000242. The zero-order valence-electron chi connectivity index (χ0n) is 12.4. The predicted molar refractivity (Wildman–Crippen MR) is 80.7 cm³/mol. The van der Waals surface area contributed by atoms with Crippen LogP contribution in [0.15, 0.2) is 18.2 Å². The van der Waals surface area contributed by atoms with Crippen molar-refractivity contribution in [1.29, 1.82) is 0 Å². The highest BCUT2D eigenvalue weighted by molar-refractivity contribution is 5.85. The number of piperazine rings is 1. The van der Waals surface area contributed by atoms with Crippen molar-refractivity contribution in [1.82, 2.24) is 10.2 Å². The van der Waals surface area contributed by atoms with E-state index in [1.54, 1.807) is 0 Å². The van der Waals surface area contributed by atoms with E-state index in [0.29, 0.717) is 19.5 Å². The van der Waals surface area contributed by atoms with Gasteiger partial charge in [-0.25, -0.2) is 4.39 Å². The fraction of sp³-hybridized carbons (Fsp3) is 0.600. The maximum atomic E-state index is 13.8. The minimum Gasteiger partial charge on any atom is -0.314 e. The van der Waals surface area contributed by atoms with Crippen molar-refractivity contribution in [3.8, 4) is 0 Å². The molecule has 2 nitrogen and oxygen atoms in total. The van der Waals surface area contributed by atoms with E-state index in [9.17, 15) is 17.6 Å². The molecule has 0 amide bonds. The Morgan fingerprint density at radius 1 is 1.23 bits per heavy atom. The van der Waals surface area contributed by atoms with Gasteiger partial charge in [-0.3, -0.25) is 4.90 Å². The fourth-order valence-electron chi connectivity index (χ4n) is 2.92. The molecule has 0 unspecified atom stereocenters. The Labute approximate surface area is 134 Å². The molecule has 0 saturated carbocycles. The van der Waals surface area contributed by atoms with Gasteiger partial charge < -0.3 is 5.32 Å². The number of benzene rings is 1. The molecule has 7 heteroatoms. The molecule has 22 heavy (non-hydrogen) atoms. The fourth-order valence-corrected chi connectivity index (χ4v) is 2.92. The molecule has 0 aliphatic carbocycles. The average Bonchev–Trinajstić information content (AvgIpc) is 2.44. The number of hydrogen-bond acceptors (Lipinski definition) is 2. The summed E-state index contributed by atoms with van der Waals surface area (Å²) in [6, 6.07) is 3.27. The van der Waals surface area contributed by atoms with E-state index in [2.05, 4.69) is 5.32 Å². The molecule has 1 fully saturated rings. The van der Waals surface area contributed by atoms with Gasteiger partial charge in [0.15, 0.2) is 0 Å². The van der Waals surface area contributed by atoms with Gasteiger partial charge in [-0.15, -0.1) is 12.4 Å². The Kier molecular flexibility index (Phi) is 7.09. The van der Waals surface area contributed by atoms with Crippen LogP contribution in [0.25, 0.3) is 0 Å². The second kappa shape index (κ2) is 8.13. The standard InChI is InChI=1S/C15H20F4N2.ClH/c1-2-4-13(21-9-7-20-8-10-21)11-5-3-6-12(16)14(11)15(17,18)19;/h3,5-6,13,20H,2,4,7-10H2,1H3;1H/t13-;/m1./s1. The summed E-state index contributed by atoms with van der Waals surface area (Å²) < 4.78 is 53.4. The summed E-state index contributed by atoms with van der Waals surface area (Å²) in [6.45, 7) is 4.78. The molecule has 1 aromatic rings. The third-order valence-corrected chi connectivity index (χ3v) is 3.84. The lowest BCUT2D eigenvalue weighted by Crippen LogP contribution is -2.45. The topological polar surface area (TPSA) is 15.3 Å². The summed E-state index contributed by atoms with van der Waals surface area (Å²) in [5.74, 6) is -1.18. The molecule has 2 rings (SSSR count).